The predicted octanol–water partition coefficient (Wildman–Crippen LogP) is 4.26. The molecule has 100 valence electrons. The zero-order valence-corrected chi connectivity index (χ0v) is 11.8. The highest BCUT2D eigenvalue weighted by Crippen LogP contribution is 2.33. The van der Waals surface area contributed by atoms with Crippen LogP contribution < -0.4 is 0 Å². The van der Waals surface area contributed by atoms with E-state index in [2.05, 4.69) is 41.4 Å². The van der Waals surface area contributed by atoms with Gasteiger partial charge in [0.2, 0.25) is 0 Å². The fourth-order valence-electron chi connectivity index (χ4n) is 2.77. The van der Waals surface area contributed by atoms with Gasteiger partial charge in [0.1, 0.15) is 5.82 Å². The summed E-state index contributed by atoms with van der Waals surface area (Å²) >= 11 is 0. The smallest absolute Gasteiger partial charge is 0.138 e. The minimum absolute atomic E-state index is 0. The predicted molar refractivity (Wildman–Crippen MR) is 84.1 cm³/mol. The highest BCUT2D eigenvalue weighted by Gasteiger charge is 2.20. The number of hydrogen-bond acceptors (Lipinski definition) is 1. The van der Waals surface area contributed by atoms with E-state index >= 15 is 0 Å². The van der Waals surface area contributed by atoms with Crippen LogP contribution in [0.3, 0.4) is 0 Å². The molecule has 2 aromatic carbocycles. The Hall–Kier alpha value is -2.06. The summed E-state index contributed by atoms with van der Waals surface area (Å²) in [6.07, 6.45) is 2.14. The van der Waals surface area contributed by atoms with Crippen molar-refractivity contribution in [3.05, 3.63) is 65.9 Å². The molecule has 3 aromatic rings. The third-order valence-corrected chi connectivity index (χ3v) is 3.74. The van der Waals surface area contributed by atoms with Gasteiger partial charge in [-0.1, -0.05) is 54.6 Å². The first-order valence-electron chi connectivity index (χ1n) is 6.64. The minimum atomic E-state index is 0. The Bertz CT molecular complexity index is 732. The fourth-order valence-corrected chi connectivity index (χ4v) is 2.77. The second kappa shape index (κ2) is 5.14. The number of nitrogens with one attached hydrogen (secondary N) is 1. The number of H-pyrrole nitrogens is 1. The Morgan fingerprint density at radius 2 is 1.60 bits per heavy atom. The number of nitrogens with zero attached hydrogens (tertiary/aromatic N) is 1. The van der Waals surface area contributed by atoms with Crippen molar-refractivity contribution < 1.29 is 0 Å². The number of aromatic amines is 1. The second-order valence-corrected chi connectivity index (χ2v) is 4.94. The zero-order valence-electron chi connectivity index (χ0n) is 11.0. The number of aromatic nitrogens is 2. The van der Waals surface area contributed by atoms with Gasteiger partial charge in [0.25, 0.3) is 0 Å². The van der Waals surface area contributed by atoms with Crippen LogP contribution in [0.25, 0.3) is 22.6 Å². The lowest BCUT2D eigenvalue weighted by Crippen LogP contribution is -2.02. The molecule has 0 spiro atoms. The fraction of sp³-hybridized carbons (Fsp3) is 0.118. The topological polar surface area (TPSA) is 28.7 Å². The summed E-state index contributed by atoms with van der Waals surface area (Å²) in [4.78, 5) is 8.29. The number of benzene rings is 2. The largest absolute Gasteiger partial charge is 0.341 e. The van der Waals surface area contributed by atoms with Gasteiger partial charge in [0.05, 0.1) is 5.69 Å². The molecule has 4 rings (SSSR count). The van der Waals surface area contributed by atoms with Crippen molar-refractivity contribution in [3.63, 3.8) is 0 Å². The third-order valence-electron chi connectivity index (χ3n) is 3.74. The number of imidazole rings is 1. The first-order chi connectivity index (χ1) is 9.42. The zero-order chi connectivity index (χ0) is 12.7. The average molecular weight is 283 g/mol. The van der Waals surface area contributed by atoms with E-state index < -0.39 is 0 Å². The number of hydrogen-bond donors (Lipinski definition) is 1. The molecular formula is C17H15ClN2. The van der Waals surface area contributed by atoms with Crippen LogP contribution >= 0.6 is 12.4 Å². The molecule has 0 radical (unpaired) electrons. The van der Waals surface area contributed by atoms with Crippen LogP contribution in [0.4, 0.5) is 0 Å². The monoisotopic (exact) mass is 282 g/mol. The van der Waals surface area contributed by atoms with Gasteiger partial charge in [-0.15, -0.1) is 12.4 Å². The van der Waals surface area contributed by atoms with Gasteiger partial charge in [-0.25, -0.2) is 4.98 Å². The minimum Gasteiger partial charge on any atom is -0.341 e. The van der Waals surface area contributed by atoms with E-state index in [1.165, 1.54) is 16.8 Å². The van der Waals surface area contributed by atoms with E-state index in [0.717, 1.165) is 29.9 Å². The summed E-state index contributed by atoms with van der Waals surface area (Å²) < 4.78 is 0. The molecule has 0 saturated carbocycles. The van der Waals surface area contributed by atoms with Gasteiger partial charge in [0, 0.05) is 16.8 Å². The molecule has 0 saturated heterocycles. The van der Waals surface area contributed by atoms with Crippen LogP contribution in [0.2, 0.25) is 0 Å². The molecule has 20 heavy (non-hydrogen) atoms. The lowest BCUT2D eigenvalue weighted by Gasteiger charge is -2.14. The molecule has 2 nitrogen and oxygen atoms in total. The van der Waals surface area contributed by atoms with Crippen molar-refractivity contribution >= 4 is 12.4 Å². The van der Waals surface area contributed by atoms with Gasteiger partial charge in [0.15, 0.2) is 0 Å². The van der Waals surface area contributed by atoms with Gasteiger partial charge in [-0.3, -0.25) is 0 Å². The van der Waals surface area contributed by atoms with Crippen LogP contribution in [0.15, 0.2) is 54.6 Å². The quantitative estimate of drug-likeness (QED) is 0.710. The lowest BCUT2D eigenvalue weighted by molar-refractivity contribution is 0.909. The SMILES string of the molecule is Cl.c1ccc(-c2nc3c([nH]2)CCc2ccccc2-3)cc1. The number of fused-ring (bicyclic) bond motifs is 3. The number of rotatable bonds is 1. The Morgan fingerprint density at radius 3 is 2.45 bits per heavy atom. The highest BCUT2D eigenvalue weighted by molar-refractivity contribution is 5.85. The Balaban J connectivity index is 0.00000121. The summed E-state index contributed by atoms with van der Waals surface area (Å²) in [5.74, 6) is 0.974. The normalized spacial score (nSPS) is 12.2. The van der Waals surface area contributed by atoms with Crippen molar-refractivity contribution in [2.24, 2.45) is 0 Å². The van der Waals surface area contributed by atoms with Gasteiger partial charge < -0.3 is 4.98 Å². The van der Waals surface area contributed by atoms with Crippen LogP contribution in [-0.4, -0.2) is 9.97 Å². The van der Waals surface area contributed by atoms with Gasteiger partial charge in [-0.2, -0.15) is 0 Å². The van der Waals surface area contributed by atoms with Crippen LogP contribution in [-0.2, 0) is 12.8 Å². The maximum Gasteiger partial charge on any atom is 0.138 e. The second-order valence-electron chi connectivity index (χ2n) is 4.94. The molecule has 0 aliphatic heterocycles. The molecule has 0 unspecified atom stereocenters. The first kappa shape index (κ1) is 12.9. The van der Waals surface area contributed by atoms with E-state index in [9.17, 15) is 0 Å². The van der Waals surface area contributed by atoms with Crippen molar-refractivity contribution in [3.8, 4) is 22.6 Å². The molecule has 1 aliphatic rings. The molecule has 1 aromatic heterocycles. The van der Waals surface area contributed by atoms with Crippen LogP contribution in [0, 0.1) is 0 Å². The standard InChI is InChI=1S/C17H14N2.ClH/c1-2-7-13(8-3-1)17-18-15-11-10-12-6-4-5-9-14(12)16(15)19-17;/h1-9H,10-11H2,(H,18,19);1H. The van der Waals surface area contributed by atoms with E-state index in [0.29, 0.717) is 0 Å². The van der Waals surface area contributed by atoms with E-state index in [-0.39, 0.29) is 12.4 Å². The molecule has 1 heterocycles. The Kier molecular flexibility index (Phi) is 3.33. The Labute approximate surface area is 124 Å². The van der Waals surface area contributed by atoms with Crippen molar-refractivity contribution in [1.82, 2.24) is 9.97 Å². The molecule has 3 heteroatoms. The van der Waals surface area contributed by atoms with Crippen molar-refractivity contribution in [1.29, 1.82) is 0 Å². The lowest BCUT2D eigenvalue weighted by atomic mass is 9.93. The van der Waals surface area contributed by atoms with Crippen LogP contribution in [0.1, 0.15) is 11.3 Å². The summed E-state index contributed by atoms with van der Waals surface area (Å²) in [5.41, 5.74) is 6.22. The molecular weight excluding hydrogens is 268 g/mol. The summed E-state index contributed by atoms with van der Waals surface area (Å²) in [7, 11) is 0. The summed E-state index contributed by atoms with van der Waals surface area (Å²) in [6, 6.07) is 18.9. The van der Waals surface area contributed by atoms with Crippen molar-refractivity contribution in [2.75, 3.05) is 0 Å². The maximum absolute atomic E-state index is 4.81. The van der Waals surface area contributed by atoms with Gasteiger partial charge in [-0.05, 0) is 18.4 Å². The molecule has 0 bridgehead atoms. The maximum atomic E-state index is 4.81. The van der Waals surface area contributed by atoms with E-state index in [1.54, 1.807) is 0 Å². The van der Waals surface area contributed by atoms with E-state index in [4.69, 9.17) is 4.98 Å². The Morgan fingerprint density at radius 1 is 0.850 bits per heavy atom. The average Bonchev–Trinajstić information content (AvgIpc) is 2.93. The summed E-state index contributed by atoms with van der Waals surface area (Å²) in [6.45, 7) is 0. The number of aryl methyl sites for hydroxylation is 2. The number of halogens is 1. The first-order valence-corrected chi connectivity index (χ1v) is 6.64. The highest BCUT2D eigenvalue weighted by atomic mass is 35.5. The van der Waals surface area contributed by atoms with E-state index in [1.807, 2.05) is 18.2 Å². The molecule has 0 amide bonds. The van der Waals surface area contributed by atoms with Crippen molar-refractivity contribution in [2.45, 2.75) is 12.8 Å². The molecule has 0 fully saturated rings. The summed E-state index contributed by atoms with van der Waals surface area (Å²) in [5, 5.41) is 0. The van der Waals surface area contributed by atoms with Gasteiger partial charge >= 0.3 is 0 Å². The molecule has 0 atom stereocenters. The molecule has 1 aliphatic carbocycles. The molecule has 1 N–H and O–H groups in total. The van der Waals surface area contributed by atoms with Crippen LogP contribution in [0.5, 0.6) is 0 Å². The third kappa shape index (κ3) is 2.02.